The van der Waals surface area contributed by atoms with E-state index in [1.54, 1.807) is 0 Å². The number of fused-ring (bicyclic) bond motifs is 5. The highest BCUT2D eigenvalue weighted by Crippen LogP contribution is 2.65. The number of carbonyl (C=O) groups is 4. The molecule has 0 unspecified atom stereocenters. The summed E-state index contributed by atoms with van der Waals surface area (Å²) in [5, 5.41) is 11.8. The molecule has 3 fully saturated rings. The average Bonchev–Trinajstić information content (AvgIpc) is 3.16. The van der Waals surface area contributed by atoms with Crippen molar-refractivity contribution < 1.29 is 29.0 Å². The molecule has 2 N–H and O–H groups in total. The zero-order chi connectivity index (χ0) is 26.1. The molecule has 7 atom stereocenters. The number of carboxylic acids is 1. The molecule has 0 aromatic rings. The number of allylic oxidation sites excluding steroid dienone is 1. The Labute approximate surface area is 218 Å². The molecule has 4 rings (SSSR count). The lowest BCUT2D eigenvalue weighted by Crippen LogP contribution is -2.51. The zero-order valence-corrected chi connectivity index (χ0v) is 22.7. The molecule has 4 aliphatic rings. The summed E-state index contributed by atoms with van der Waals surface area (Å²) in [4.78, 5) is 48.4. The van der Waals surface area contributed by atoms with Crippen LogP contribution >= 0.6 is 11.8 Å². The highest BCUT2D eigenvalue weighted by Gasteiger charge is 2.59. The number of amides is 1. The maximum absolute atomic E-state index is 12.7. The van der Waals surface area contributed by atoms with Gasteiger partial charge in [0.2, 0.25) is 5.91 Å². The van der Waals surface area contributed by atoms with E-state index in [4.69, 9.17) is 4.74 Å². The first-order valence-electron chi connectivity index (χ1n) is 13.5. The molecule has 4 aliphatic carbocycles. The van der Waals surface area contributed by atoms with Crippen LogP contribution in [0.3, 0.4) is 0 Å². The predicted octanol–water partition coefficient (Wildman–Crippen LogP) is 4.53. The molecule has 0 spiro atoms. The molecular weight excluding hydrogens is 478 g/mol. The Morgan fingerprint density at radius 1 is 1.11 bits per heavy atom. The fourth-order valence-electron chi connectivity index (χ4n) is 7.90. The van der Waals surface area contributed by atoms with Crippen molar-refractivity contribution >= 4 is 35.4 Å². The summed E-state index contributed by atoms with van der Waals surface area (Å²) in [7, 11) is 0. The molecule has 0 heterocycles. The summed E-state index contributed by atoms with van der Waals surface area (Å²) in [6.07, 6.45) is 11.7. The normalized spacial score (nSPS) is 36.1. The fourth-order valence-corrected chi connectivity index (χ4v) is 8.37. The molecule has 0 saturated heterocycles. The molecule has 7 nitrogen and oxygen atoms in total. The number of hydrogen-bond donors (Lipinski definition) is 2. The molecular formula is C28H41NO6S. The van der Waals surface area contributed by atoms with E-state index in [2.05, 4.69) is 19.2 Å². The third-order valence-corrected chi connectivity index (χ3v) is 10.6. The largest absolute Gasteiger partial charge is 0.480 e. The number of esters is 1. The lowest BCUT2D eigenvalue weighted by atomic mass is 9.47. The minimum Gasteiger partial charge on any atom is -0.480 e. The summed E-state index contributed by atoms with van der Waals surface area (Å²) in [6.45, 7) is 4.66. The number of hydrogen-bond acceptors (Lipinski definition) is 6. The summed E-state index contributed by atoms with van der Waals surface area (Å²) in [5.41, 5.74) is 1.44. The second kappa shape index (κ2) is 10.9. The van der Waals surface area contributed by atoms with Gasteiger partial charge in [-0.3, -0.25) is 14.4 Å². The highest BCUT2D eigenvalue weighted by atomic mass is 32.2. The average molecular weight is 520 g/mol. The monoisotopic (exact) mass is 519 g/mol. The maximum atomic E-state index is 12.7. The smallest absolute Gasteiger partial charge is 0.326 e. The van der Waals surface area contributed by atoms with Crippen molar-refractivity contribution in [2.24, 2.45) is 28.6 Å². The second-order valence-electron chi connectivity index (χ2n) is 11.8. The first kappa shape index (κ1) is 27.2. The lowest BCUT2D eigenvalue weighted by molar-refractivity contribution is -0.160. The quantitative estimate of drug-likeness (QED) is 0.431. The van der Waals surface area contributed by atoms with E-state index in [-0.39, 0.29) is 41.5 Å². The number of thioether (sulfide) groups is 1. The van der Waals surface area contributed by atoms with Crippen LogP contribution in [0.15, 0.2) is 11.6 Å². The number of ketones is 1. The van der Waals surface area contributed by atoms with Crippen LogP contribution in [0.25, 0.3) is 0 Å². The van der Waals surface area contributed by atoms with Crippen LogP contribution in [0.2, 0.25) is 0 Å². The Morgan fingerprint density at radius 2 is 1.89 bits per heavy atom. The highest BCUT2D eigenvalue weighted by molar-refractivity contribution is 7.98. The van der Waals surface area contributed by atoms with Gasteiger partial charge in [0.25, 0.3) is 0 Å². The molecule has 0 aromatic carbocycles. The SMILES string of the molecule is CSCC[C@H](NC(=O)CCC(=O)O[C@H]1CC[C@H]2[C@H]3CCC4=CC(=O)CC[C@]4(C)[C@@H]3CC[C@]12C)C(=O)O. The molecule has 0 aliphatic heterocycles. The van der Waals surface area contributed by atoms with Gasteiger partial charge in [-0.25, -0.2) is 4.79 Å². The summed E-state index contributed by atoms with van der Waals surface area (Å²) >= 11 is 1.53. The minimum absolute atomic E-state index is 0.0374. The Bertz CT molecular complexity index is 933. The number of carboxylic acid groups (broad SMARTS) is 1. The Kier molecular flexibility index (Phi) is 8.22. The van der Waals surface area contributed by atoms with E-state index in [1.807, 2.05) is 12.3 Å². The van der Waals surface area contributed by atoms with Crippen LogP contribution in [0.5, 0.6) is 0 Å². The first-order chi connectivity index (χ1) is 17.1. The van der Waals surface area contributed by atoms with Crippen molar-refractivity contribution in [1.82, 2.24) is 5.32 Å². The van der Waals surface area contributed by atoms with Gasteiger partial charge in [0, 0.05) is 18.3 Å². The van der Waals surface area contributed by atoms with Crippen molar-refractivity contribution in [3.63, 3.8) is 0 Å². The summed E-state index contributed by atoms with van der Waals surface area (Å²) in [6, 6.07) is -0.930. The van der Waals surface area contributed by atoms with E-state index in [9.17, 15) is 24.3 Å². The molecule has 0 bridgehead atoms. The van der Waals surface area contributed by atoms with Gasteiger partial charge in [-0.15, -0.1) is 0 Å². The summed E-state index contributed by atoms with van der Waals surface area (Å²) < 4.78 is 5.98. The van der Waals surface area contributed by atoms with Crippen LogP contribution in [0.1, 0.15) is 84.5 Å². The third-order valence-electron chi connectivity index (χ3n) is 9.95. The third kappa shape index (κ3) is 5.25. The van der Waals surface area contributed by atoms with Crippen LogP contribution in [0.4, 0.5) is 0 Å². The van der Waals surface area contributed by atoms with Gasteiger partial charge in [0.05, 0.1) is 6.42 Å². The van der Waals surface area contributed by atoms with Gasteiger partial charge in [0.1, 0.15) is 12.1 Å². The zero-order valence-electron chi connectivity index (χ0n) is 21.8. The Hall–Kier alpha value is -1.83. The van der Waals surface area contributed by atoms with Crippen molar-refractivity contribution in [2.45, 2.75) is 96.6 Å². The van der Waals surface area contributed by atoms with Gasteiger partial charge in [-0.05, 0) is 92.6 Å². The maximum Gasteiger partial charge on any atom is 0.326 e. The van der Waals surface area contributed by atoms with Crippen molar-refractivity contribution in [2.75, 3.05) is 12.0 Å². The Balaban J connectivity index is 1.32. The van der Waals surface area contributed by atoms with Gasteiger partial charge >= 0.3 is 11.9 Å². The topological polar surface area (TPSA) is 110 Å². The van der Waals surface area contributed by atoms with Gasteiger partial charge in [-0.1, -0.05) is 19.4 Å². The second-order valence-corrected chi connectivity index (χ2v) is 12.8. The number of ether oxygens (including phenoxy) is 1. The molecule has 0 aromatic heterocycles. The summed E-state index contributed by atoms with van der Waals surface area (Å²) in [5.74, 6) is 0.765. The fraction of sp³-hybridized carbons (Fsp3) is 0.786. The number of aliphatic carboxylic acids is 1. The van der Waals surface area contributed by atoms with E-state index in [0.29, 0.717) is 36.3 Å². The van der Waals surface area contributed by atoms with Crippen LogP contribution in [0, 0.1) is 28.6 Å². The lowest BCUT2D eigenvalue weighted by Gasteiger charge is -2.57. The molecule has 1 amide bonds. The predicted molar refractivity (Wildman–Crippen MR) is 138 cm³/mol. The van der Waals surface area contributed by atoms with Crippen LogP contribution < -0.4 is 5.32 Å². The van der Waals surface area contributed by atoms with Crippen molar-refractivity contribution in [3.05, 3.63) is 11.6 Å². The molecule has 0 radical (unpaired) electrons. The van der Waals surface area contributed by atoms with E-state index >= 15 is 0 Å². The van der Waals surface area contributed by atoms with Crippen molar-refractivity contribution in [3.8, 4) is 0 Å². The Morgan fingerprint density at radius 3 is 2.61 bits per heavy atom. The molecule has 200 valence electrons. The first-order valence-corrected chi connectivity index (χ1v) is 14.9. The van der Waals surface area contributed by atoms with Crippen molar-refractivity contribution in [1.29, 1.82) is 0 Å². The van der Waals surface area contributed by atoms with Gasteiger partial charge < -0.3 is 15.2 Å². The number of rotatable bonds is 9. The van der Waals surface area contributed by atoms with E-state index < -0.39 is 17.9 Å². The molecule has 36 heavy (non-hydrogen) atoms. The van der Waals surface area contributed by atoms with E-state index in [1.165, 1.54) is 17.3 Å². The minimum atomic E-state index is -1.06. The van der Waals surface area contributed by atoms with E-state index in [0.717, 1.165) is 44.9 Å². The van der Waals surface area contributed by atoms with Gasteiger partial charge in [0.15, 0.2) is 5.78 Å². The molecule has 3 saturated carbocycles. The number of nitrogens with one attached hydrogen (secondary N) is 1. The van der Waals surface area contributed by atoms with Crippen LogP contribution in [-0.2, 0) is 23.9 Å². The van der Waals surface area contributed by atoms with Gasteiger partial charge in [-0.2, -0.15) is 11.8 Å². The van der Waals surface area contributed by atoms with Crippen LogP contribution in [-0.4, -0.2) is 52.9 Å². The number of carbonyl (C=O) groups excluding carboxylic acids is 3. The molecule has 8 heteroatoms. The standard InChI is InChI=1S/C28H41NO6S/c1-27-13-10-18(30)16-17(27)4-5-19-20-6-7-23(28(20,2)14-11-21(19)27)35-25(32)9-8-24(31)29-22(26(33)34)12-15-36-3/h16,19-23H,4-15H2,1-3H3,(H,29,31)(H,33,34)/t19-,20+,21-,22+,23+,27+,28+/m1/s1.